The van der Waals surface area contributed by atoms with Crippen molar-refractivity contribution in [1.29, 1.82) is 0 Å². The van der Waals surface area contributed by atoms with Crippen molar-refractivity contribution in [2.45, 2.75) is 69.7 Å². The van der Waals surface area contributed by atoms with Gasteiger partial charge in [-0.2, -0.15) is 0 Å². The van der Waals surface area contributed by atoms with E-state index < -0.39 is 0 Å². The van der Waals surface area contributed by atoms with Crippen molar-refractivity contribution in [2.75, 3.05) is 19.6 Å². The van der Waals surface area contributed by atoms with E-state index in [0.717, 1.165) is 12.1 Å². The van der Waals surface area contributed by atoms with Crippen molar-refractivity contribution < 1.29 is 4.74 Å². The first-order valence-electron chi connectivity index (χ1n) is 7.44. The van der Waals surface area contributed by atoms with Gasteiger partial charge in [0.2, 0.25) is 0 Å². The molecule has 98 valence electrons. The zero-order valence-electron chi connectivity index (χ0n) is 11.0. The molecule has 0 aromatic rings. The van der Waals surface area contributed by atoms with Crippen LogP contribution in [0.4, 0.5) is 0 Å². The number of piperidine rings is 1. The van der Waals surface area contributed by atoms with Crippen LogP contribution in [0.2, 0.25) is 0 Å². The molecule has 0 aromatic heterocycles. The molecule has 3 heteroatoms. The Morgan fingerprint density at radius 2 is 1.94 bits per heavy atom. The molecule has 17 heavy (non-hydrogen) atoms. The normalized spacial score (nSPS) is 40.4. The number of nitrogens with zero attached hydrogens (tertiary/aromatic N) is 1. The Morgan fingerprint density at radius 1 is 1.18 bits per heavy atom. The van der Waals surface area contributed by atoms with Crippen LogP contribution in [0, 0.1) is 0 Å². The summed E-state index contributed by atoms with van der Waals surface area (Å²) >= 11 is 0. The Balaban J connectivity index is 1.49. The zero-order chi connectivity index (χ0) is 11.7. The second-order valence-electron chi connectivity index (χ2n) is 6.14. The summed E-state index contributed by atoms with van der Waals surface area (Å²) < 4.78 is 5.91. The predicted octanol–water partition coefficient (Wildman–Crippen LogP) is 1.77. The van der Waals surface area contributed by atoms with Crippen LogP contribution in [0.5, 0.6) is 0 Å². The highest BCUT2D eigenvalue weighted by molar-refractivity contribution is 4.88. The van der Waals surface area contributed by atoms with Crippen LogP contribution in [-0.2, 0) is 4.74 Å². The van der Waals surface area contributed by atoms with Gasteiger partial charge in [0.25, 0.3) is 0 Å². The third kappa shape index (κ3) is 2.83. The van der Waals surface area contributed by atoms with E-state index >= 15 is 0 Å². The van der Waals surface area contributed by atoms with Crippen molar-refractivity contribution in [1.82, 2.24) is 10.2 Å². The van der Waals surface area contributed by atoms with E-state index in [2.05, 4.69) is 17.1 Å². The average molecular weight is 238 g/mol. The summed E-state index contributed by atoms with van der Waals surface area (Å²) in [5.41, 5.74) is 0. The monoisotopic (exact) mass is 238 g/mol. The second-order valence-corrected chi connectivity index (χ2v) is 6.14. The van der Waals surface area contributed by atoms with Crippen molar-refractivity contribution in [2.24, 2.45) is 0 Å². The molecule has 3 nitrogen and oxygen atoms in total. The molecule has 4 atom stereocenters. The molecule has 0 aliphatic carbocycles. The van der Waals surface area contributed by atoms with Gasteiger partial charge in [0.15, 0.2) is 0 Å². The maximum atomic E-state index is 5.91. The SMILES string of the molecule is CC(CC1CCCCN1)N1CC2CCC(C1)O2. The number of hydrogen-bond acceptors (Lipinski definition) is 3. The minimum Gasteiger partial charge on any atom is -0.372 e. The lowest BCUT2D eigenvalue weighted by atomic mass is 9.98. The van der Waals surface area contributed by atoms with Gasteiger partial charge in [-0.15, -0.1) is 0 Å². The highest BCUT2D eigenvalue weighted by Gasteiger charge is 2.35. The van der Waals surface area contributed by atoms with Crippen LogP contribution < -0.4 is 5.32 Å². The Morgan fingerprint density at radius 3 is 2.59 bits per heavy atom. The van der Waals surface area contributed by atoms with Crippen LogP contribution in [-0.4, -0.2) is 48.8 Å². The first kappa shape index (κ1) is 11.9. The van der Waals surface area contributed by atoms with Gasteiger partial charge in [0.1, 0.15) is 0 Å². The van der Waals surface area contributed by atoms with Gasteiger partial charge in [0, 0.05) is 25.2 Å². The minimum absolute atomic E-state index is 0.538. The fourth-order valence-electron chi connectivity index (χ4n) is 3.69. The molecule has 3 aliphatic heterocycles. The smallest absolute Gasteiger partial charge is 0.0707 e. The molecule has 0 saturated carbocycles. The molecule has 3 saturated heterocycles. The van der Waals surface area contributed by atoms with Crippen LogP contribution in [0.15, 0.2) is 0 Å². The van der Waals surface area contributed by atoms with E-state index in [9.17, 15) is 0 Å². The lowest BCUT2D eigenvalue weighted by Gasteiger charge is -2.38. The molecule has 0 radical (unpaired) electrons. The van der Waals surface area contributed by atoms with Crippen molar-refractivity contribution in [3.63, 3.8) is 0 Å². The van der Waals surface area contributed by atoms with Crippen molar-refractivity contribution >= 4 is 0 Å². The van der Waals surface area contributed by atoms with Gasteiger partial charge >= 0.3 is 0 Å². The molecule has 3 aliphatic rings. The van der Waals surface area contributed by atoms with Gasteiger partial charge in [-0.1, -0.05) is 6.42 Å². The maximum Gasteiger partial charge on any atom is 0.0707 e. The van der Waals surface area contributed by atoms with Gasteiger partial charge in [-0.25, -0.2) is 0 Å². The van der Waals surface area contributed by atoms with Crippen LogP contribution in [0.3, 0.4) is 0 Å². The molecule has 0 amide bonds. The first-order valence-corrected chi connectivity index (χ1v) is 7.44. The number of ether oxygens (including phenoxy) is 1. The maximum absolute atomic E-state index is 5.91. The number of nitrogens with one attached hydrogen (secondary N) is 1. The molecule has 4 unspecified atom stereocenters. The molecule has 0 aromatic carbocycles. The van der Waals surface area contributed by atoms with E-state index in [-0.39, 0.29) is 0 Å². The van der Waals surface area contributed by atoms with E-state index in [4.69, 9.17) is 4.74 Å². The fourth-order valence-corrected chi connectivity index (χ4v) is 3.69. The molecule has 1 N–H and O–H groups in total. The number of fused-ring (bicyclic) bond motifs is 2. The van der Waals surface area contributed by atoms with Crippen LogP contribution >= 0.6 is 0 Å². The van der Waals surface area contributed by atoms with Gasteiger partial charge in [-0.3, -0.25) is 4.90 Å². The van der Waals surface area contributed by atoms with E-state index in [1.807, 2.05) is 0 Å². The fraction of sp³-hybridized carbons (Fsp3) is 1.00. The minimum atomic E-state index is 0.538. The van der Waals surface area contributed by atoms with Crippen LogP contribution in [0.1, 0.15) is 45.4 Å². The Kier molecular flexibility index (Phi) is 3.69. The predicted molar refractivity (Wildman–Crippen MR) is 69.2 cm³/mol. The Bertz CT molecular complexity index is 241. The quantitative estimate of drug-likeness (QED) is 0.811. The van der Waals surface area contributed by atoms with E-state index in [0.29, 0.717) is 12.2 Å². The Labute approximate surface area is 105 Å². The summed E-state index contributed by atoms with van der Waals surface area (Å²) in [5.74, 6) is 0. The van der Waals surface area contributed by atoms with Crippen molar-refractivity contribution in [3.05, 3.63) is 0 Å². The summed E-state index contributed by atoms with van der Waals surface area (Å²) in [6.07, 6.45) is 9.13. The standard InChI is InChI=1S/C14H26N2O/c1-11(8-12-4-2-3-7-15-12)16-9-13-5-6-14(10-16)17-13/h11-15H,2-10H2,1H3. The summed E-state index contributed by atoms with van der Waals surface area (Å²) in [5, 5.41) is 3.67. The summed E-state index contributed by atoms with van der Waals surface area (Å²) in [6, 6.07) is 1.48. The second kappa shape index (κ2) is 5.25. The molecule has 3 rings (SSSR count). The molecule has 0 spiro atoms. The summed E-state index contributed by atoms with van der Waals surface area (Å²) in [4.78, 5) is 2.67. The zero-order valence-corrected chi connectivity index (χ0v) is 11.0. The molecular formula is C14H26N2O. The van der Waals surface area contributed by atoms with Crippen molar-refractivity contribution in [3.8, 4) is 0 Å². The lowest BCUT2D eigenvalue weighted by Crippen LogP contribution is -2.49. The largest absolute Gasteiger partial charge is 0.372 e. The summed E-state index contributed by atoms with van der Waals surface area (Å²) in [7, 11) is 0. The number of likely N-dealkylation sites (tertiary alicyclic amines) is 1. The van der Waals surface area contributed by atoms with E-state index in [1.165, 1.54) is 58.2 Å². The lowest BCUT2D eigenvalue weighted by molar-refractivity contribution is -0.0525. The summed E-state index contributed by atoms with van der Waals surface area (Å²) in [6.45, 7) is 5.97. The average Bonchev–Trinajstić information content (AvgIpc) is 2.69. The highest BCUT2D eigenvalue weighted by Crippen LogP contribution is 2.28. The first-order chi connectivity index (χ1) is 8.31. The number of rotatable bonds is 3. The molecular weight excluding hydrogens is 212 g/mol. The molecule has 3 heterocycles. The van der Waals surface area contributed by atoms with Gasteiger partial charge in [0.05, 0.1) is 12.2 Å². The van der Waals surface area contributed by atoms with Gasteiger partial charge in [-0.05, 0) is 45.6 Å². The topological polar surface area (TPSA) is 24.5 Å². The third-order valence-electron chi connectivity index (χ3n) is 4.73. The molecule has 2 bridgehead atoms. The van der Waals surface area contributed by atoms with Crippen LogP contribution in [0.25, 0.3) is 0 Å². The van der Waals surface area contributed by atoms with Gasteiger partial charge < -0.3 is 10.1 Å². The Hall–Kier alpha value is -0.120. The molecule has 3 fully saturated rings. The highest BCUT2D eigenvalue weighted by atomic mass is 16.5. The number of hydrogen-bond donors (Lipinski definition) is 1. The third-order valence-corrected chi connectivity index (χ3v) is 4.73. The van der Waals surface area contributed by atoms with E-state index in [1.54, 1.807) is 0 Å². The number of morpholine rings is 1.